The molecule has 164 valence electrons. The van der Waals surface area contributed by atoms with Crippen LogP contribution in [0.2, 0.25) is 0 Å². The third-order valence-corrected chi connectivity index (χ3v) is 5.97. The molecule has 1 aliphatic rings. The Hall–Kier alpha value is -1.47. The number of carbonyl (C=O) groups excluding carboxylic acids is 1. The molecule has 0 radical (unpaired) electrons. The second-order valence-corrected chi connectivity index (χ2v) is 9.46. The van der Waals surface area contributed by atoms with Crippen LogP contribution in [0.5, 0.6) is 5.88 Å². The number of hydrogen-bond donors (Lipinski definition) is 0. The van der Waals surface area contributed by atoms with Gasteiger partial charge in [-0.1, -0.05) is 60.0 Å². The maximum atomic E-state index is 12.3. The number of quaternary nitrogens is 1. The van der Waals surface area contributed by atoms with Gasteiger partial charge in [-0.25, -0.2) is 0 Å². The predicted octanol–water partition coefficient (Wildman–Crippen LogP) is 4.91. The van der Waals surface area contributed by atoms with Crippen LogP contribution in [-0.2, 0) is 9.53 Å². The van der Waals surface area contributed by atoms with Crippen molar-refractivity contribution in [2.75, 3.05) is 26.7 Å². The van der Waals surface area contributed by atoms with E-state index in [1.165, 1.54) is 31.0 Å². The fourth-order valence-corrected chi connectivity index (χ4v) is 4.39. The van der Waals surface area contributed by atoms with Crippen molar-refractivity contribution in [3.05, 3.63) is 11.8 Å². The molecule has 0 amide bonds. The van der Waals surface area contributed by atoms with Gasteiger partial charge >= 0.3 is 5.97 Å². The summed E-state index contributed by atoms with van der Waals surface area (Å²) in [5.74, 6) is 0.611. The van der Waals surface area contributed by atoms with E-state index >= 15 is 0 Å². The minimum atomic E-state index is -0.182. The van der Waals surface area contributed by atoms with Crippen molar-refractivity contribution in [2.45, 2.75) is 73.0 Å². The second-order valence-electron chi connectivity index (χ2n) is 8.93. The van der Waals surface area contributed by atoms with Gasteiger partial charge in [0.05, 0.1) is 37.8 Å². The first-order chi connectivity index (χ1) is 13.8. The molecule has 0 aromatic carbocycles. The fourth-order valence-electron chi connectivity index (χ4n) is 3.86. The molecule has 2 rings (SSSR count). The summed E-state index contributed by atoms with van der Waals surface area (Å²) in [5, 5.41) is 0. The van der Waals surface area contributed by atoms with Gasteiger partial charge in [-0.05, 0) is 6.42 Å². The zero-order valence-corrected chi connectivity index (χ0v) is 19.8. The molecule has 2 heterocycles. The first-order valence-corrected chi connectivity index (χ1v) is 11.7. The molecule has 1 aromatic rings. The first kappa shape index (κ1) is 23.8. The molecular weight excluding hydrogens is 386 g/mol. The van der Waals surface area contributed by atoms with Crippen LogP contribution < -0.4 is 4.74 Å². The lowest BCUT2D eigenvalue weighted by atomic mass is 10.0. The lowest BCUT2D eigenvalue weighted by molar-refractivity contribution is -0.950. The van der Waals surface area contributed by atoms with Crippen LogP contribution in [0.15, 0.2) is 6.08 Å². The van der Waals surface area contributed by atoms with Gasteiger partial charge in [-0.3, -0.25) is 9.28 Å². The molecule has 7 heteroatoms. The highest BCUT2D eigenvalue weighted by Gasteiger charge is 2.41. The highest BCUT2D eigenvalue weighted by molar-refractivity contribution is 6.99. The van der Waals surface area contributed by atoms with Gasteiger partial charge in [0.2, 0.25) is 6.23 Å². The third kappa shape index (κ3) is 6.51. The average molecular weight is 425 g/mol. The molecule has 29 heavy (non-hydrogen) atoms. The van der Waals surface area contributed by atoms with Crippen molar-refractivity contribution < 1.29 is 18.8 Å². The van der Waals surface area contributed by atoms with E-state index in [0.717, 1.165) is 37.2 Å². The number of rotatable bonds is 11. The molecule has 0 spiro atoms. The molecule has 0 saturated heterocycles. The molecule has 0 saturated carbocycles. The van der Waals surface area contributed by atoms with Crippen molar-refractivity contribution in [3.8, 4) is 5.88 Å². The standard InChI is InChI=1S/C22H38N3O3S/c1-7-8-9-10-14-27-20-19(23-29-24-20)18-12-11-13-25(6,15-18)21(16(2)3)28-22(26)17(4)5/h12,16-17,21H,7-11,13-15H2,1-6H3/q+1. The number of unbranched alkanes of at least 4 members (excludes halogenated alkanes) is 3. The first-order valence-electron chi connectivity index (χ1n) is 11.0. The Morgan fingerprint density at radius 2 is 1.97 bits per heavy atom. The summed E-state index contributed by atoms with van der Waals surface area (Å²) in [6, 6.07) is 0. The molecule has 0 fully saturated rings. The normalized spacial score (nSPS) is 20.6. The van der Waals surface area contributed by atoms with E-state index in [-0.39, 0.29) is 24.0 Å². The molecule has 0 bridgehead atoms. The van der Waals surface area contributed by atoms with Gasteiger partial charge < -0.3 is 9.47 Å². The van der Waals surface area contributed by atoms with Gasteiger partial charge in [0.25, 0.3) is 5.88 Å². The summed E-state index contributed by atoms with van der Waals surface area (Å²) in [6.07, 6.45) is 7.64. The van der Waals surface area contributed by atoms with Crippen LogP contribution in [0, 0.1) is 11.8 Å². The maximum Gasteiger partial charge on any atom is 0.312 e. The molecule has 0 aliphatic carbocycles. The minimum absolute atomic E-state index is 0.127. The van der Waals surface area contributed by atoms with Crippen LogP contribution >= 0.6 is 11.7 Å². The van der Waals surface area contributed by atoms with E-state index in [9.17, 15) is 4.79 Å². The Kier molecular flexibility index (Phi) is 9.08. The van der Waals surface area contributed by atoms with E-state index in [1.54, 1.807) is 0 Å². The maximum absolute atomic E-state index is 12.3. The summed E-state index contributed by atoms with van der Waals surface area (Å²) in [4.78, 5) is 12.3. The quantitative estimate of drug-likeness (QED) is 0.287. The third-order valence-electron chi connectivity index (χ3n) is 5.45. The summed E-state index contributed by atoms with van der Waals surface area (Å²) in [5.41, 5.74) is 1.99. The highest BCUT2D eigenvalue weighted by atomic mass is 32.1. The molecular formula is C22H38N3O3S+. The van der Waals surface area contributed by atoms with Crippen LogP contribution in [0.1, 0.15) is 72.4 Å². The Morgan fingerprint density at radius 3 is 2.62 bits per heavy atom. The van der Waals surface area contributed by atoms with Gasteiger partial charge in [-0.2, -0.15) is 4.37 Å². The van der Waals surface area contributed by atoms with Crippen LogP contribution in [0.25, 0.3) is 5.57 Å². The van der Waals surface area contributed by atoms with Crippen molar-refractivity contribution in [1.29, 1.82) is 0 Å². The second kappa shape index (κ2) is 11.1. The highest BCUT2D eigenvalue weighted by Crippen LogP contribution is 2.33. The fraction of sp³-hybridized carbons (Fsp3) is 0.773. The van der Waals surface area contributed by atoms with Gasteiger partial charge in [0.15, 0.2) is 0 Å². The van der Waals surface area contributed by atoms with Gasteiger partial charge in [-0.15, -0.1) is 4.37 Å². The molecule has 0 N–H and O–H groups in total. The number of ether oxygens (including phenoxy) is 2. The summed E-state index contributed by atoms with van der Waals surface area (Å²) in [6.45, 7) is 12.6. The SMILES string of the molecule is CCCCCCOc1nsnc1C1=CCC[N+](C)(C(OC(=O)C(C)C)C(C)C)C1. The van der Waals surface area contributed by atoms with E-state index in [4.69, 9.17) is 9.47 Å². The Bertz CT molecular complexity index is 687. The number of carbonyl (C=O) groups is 1. The largest absolute Gasteiger partial charge is 0.475 e. The van der Waals surface area contributed by atoms with Gasteiger partial charge in [0, 0.05) is 17.9 Å². The Labute approximate surface area is 180 Å². The number of hydrogen-bond acceptors (Lipinski definition) is 6. The molecule has 6 nitrogen and oxygen atoms in total. The smallest absolute Gasteiger partial charge is 0.312 e. The summed E-state index contributed by atoms with van der Waals surface area (Å²) < 4.78 is 21.5. The minimum Gasteiger partial charge on any atom is -0.475 e. The lowest BCUT2D eigenvalue weighted by Crippen LogP contribution is -2.58. The number of likely N-dealkylation sites (N-methyl/N-ethyl adjacent to an activating group) is 1. The summed E-state index contributed by atoms with van der Waals surface area (Å²) >= 11 is 1.20. The van der Waals surface area contributed by atoms with E-state index in [2.05, 4.69) is 42.6 Å². The van der Waals surface area contributed by atoms with E-state index in [1.807, 2.05) is 13.8 Å². The predicted molar refractivity (Wildman–Crippen MR) is 118 cm³/mol. The average Bonchev–Trinajstić information content (AvgIpc) is 3.13. The number of aromatic nitrogens is 2. The molecule has 1 aliphatic heterocycles. The van der Waals surface area contributed by atoms with E-state index < -0.39 is 0 Å². The monoisotopic (exact) mass is 424 g/mol. The van der Waals surface area contributed by atoms with Crippen molar-refractivity contribution in [3.63, 3.8) is 0 Å². The molecule has 2 atom stereocenters. The zero-order chi connectivity index (χ0) is 21.4. The Morgan fingerprint density at radius 1 is 1.21 bits per heavy atom. The lowest BCUT2D eigenvalue weighted by Gasteiger charge is -2.44. The van der Waals surface area contributed by atoms with Crippen LogP contribution in [0.3, 0.4) is 0 Å². The molecule has 1 aromatic heterocycles. The molecule has 2 unspecified atom stereocenters. The topological polar surface area (TPSA) is 61.3 Å². The van der Waals surface area contributed by atoms with E-state index in [0.29, 0.717) is 17.0 Å². The van der Waals surface area contributed by atoms with Crippen LogP contribution in [0.4, 0.5) is 0 Å². The van der Waals surface area contributed by atoms with Crippen molar-refractivity contribution in [1.82, 2.24) is 8.75 Å². The van der Waals surface area contributed by atoms with Crippen molar-refractivity contribution >= 4 is 23.3 Å². The summed E-state index contributed by atoms with van der Waals surface area (Å²) in [7, 11) is 2.18. The van der Waals surface area contributed by atoms with Crippen LogP contribution in [-0.4, -0.2) is 52.2 Å². The number of nitrogens with zero attached hydrogens (tertiary/aromatic N) is 3. The van der Waals surface area contributed by atoms with Crippen molar-refractivity contribution in [2.24, 2.45) is 11.8 Å². The van der Waals surface area contributed by atoms with Gasteiger partial charge in [0.1, 0.15) is 12.2 Å². The Balaban J connectivity index is 2.10. The zero-order valence-electron chi connectivity index (χ0n) is 18.9. The number of esters is 1.